The van der Waals surface area contributed by atoms with Crippen LogP contribution in [0.4, 0.5) is 13.6 Å². The Labute approximate surface area is 188 Å². The van der Waals surface area contributed by atoms with Crippen LogP contribution in [0, 0.1) is 17.8 Å². The van der Waals surface area contributed by atoms with Gasteiger partial charge in [0, 0.05) is 19.0 Å². The van der Waals surface area contributed by atoms with Gasteiger partial charge < -0.3 is 14.8 Å². The SMILES string of the molecule is COc1cc(/C=C2/SC(=O)N(CCNC(=O)C3CC4CCC3C4)C2=O)ccc1OC(F)F. The molecule has 1 aliphatic heterocycles. The number of thioether (sulfide) groups is 1. The van der Waals surface area contributed by atoms with E-state index in [2.05, 4.69) is 10.1 Å². The molecule has 10 heteroatoms. The smallest absolute Gasteiger partial charge is 0.387 e. The van der Waals surface area contributed by atoms with Crippen molar-refractivity contribution in [3.8, 4) is 11.5 Å². The molecule has 32 heavy (non-hydrogen) atoms. The van der Waals surface area contributed by atoms with Crippen LogP contribution in [-0.4, -0.2) is 48.8 Å². The first-order chi connectivity index (χ1) is 15.4. The number of fused-ring (bicyclic) bond motifs is 2. The number of benzene rings is 1. The third-order valence-corrected chi connectivity index (χ3v) is 7.19. The lowest BCUT2D eigenvalue weighted by atomic mass is 9.88. The number of alkyl halides is 2. The molecule has 1 aromatic carbocycles. The monoisotopic (exact) mass is 466 g/mol. The molecule has 0 spiro atoms. The Morgan fingerprint density at radius 2 is 2.09 bits per heavy atom. The lowest BCUT2D eigenvalue weighted by Gasteiger charge is -2.21. The Morgan fingerprint density at radius 1 is 1.28 bits per heavy atom. The third-order valence-electron chi connectivity index (χ3n) is 6.28. The first-order valence-corrected chi connectivity index (χ1v) is 11.3. The van der Waals surface area contributed by atoms with Crippen molar-refractivity contribution in [1.29, 1.82) is 0 Å². The molecule has 7 nitrogen and oxygen atoms in total. The fraction of sp³-hybridized carbons (Fsp3) is 0.500. The number of ether oxygens (including phenoxy) is 2. The minimum absolute atomic E-state index is 0.0120. The van der Waals surface area contributed by atoms with Gasteiger partial charge in [-0.1, -0.05) is 12.5 Å². The van der Waals surface area contributed by atoms with Gasteiger partial charge in [-0.2, -0.15) is 8.78 Å². The van der Waals surface area contributed by atoms with E-state index >= 15 is 0 Å². The molecule has 1 aromatic rings. The molecule has 0 aromatic heterocycles. The number of amides is 3. The highest BCUT2D eigenvalue weighted by Crippen LogP contribution is 2.48. The van der Waals surface area contributed by atoms with Crippen molar-refractivity contribution >= 4 is 34.9 Å². The fourth-order valence-corrected chi connectivity index (χ4v) is 5.66. The van der Waals surface area contributed by atoms with Crippen LogP contribution < -0.4 is 14.8 Å². The zero-order valence-corrected chi connectivity index (χ0v) is 18.3. The molecule has 1 N–H and O–H groups in total. The van der Waals surface area contributed by atoms with Crippen LogP contribution in [0.5, 0.6) is 11.5 Å². The average molecular weight is 467 g/mol. The number of hydrogen-bond donors (Lipinski definition) is 1. The highest BCUT2D eigenvalue weighted by Gasteiger charge is 2.43. The number of hydrogen-bond acceptors (Lipinski definition) is 6. The molecule has 1 heterocycles. The average Bonchev–Trinajstić information content (AvgIpc) is 3.46. The Kier molecular flexibility index (Phi) is 6.68. The summed E-state index contributed by atoms with van der Waals surface area (Å²) in [5.41, 5.74) is 0.499. The summed E-state index contributed by atoms with van der Waals surface area (Å²) in [6.07, 6.45) is 5.88. The van der Waals surface area contributed by atoms with E-state index in [4.69, 9.17) is 4.74 Å². The van der Waals surface area contributed by atoms with Gasteiger partial charge in [0.05, 0.1) is 12.0 Å². The summed E-state index contributed by atoms with van der Waals surface area (Å²) in [6.45, 7) is -2.68. The van der Waals surface area contributed by atoms with E-state index in [1.165, 1.54) is 37.8 Å². The molecule has 2 aliphatic carbocycles. The van der Waals surface area contributed by atoms with E-state index in [0.29, 0.717) is 17.4 Å². The number of carbonyl (C=O) groups excluding carboxylic acids is 3. The molecule has 3 unspecified atom stereocenters. The minimum Gasteiger partial charge on any atom is -0.493 e. The predicted molar refractivity (Wildman–Crippen MR) is 114 cm³/mol. The molecule has 2 saturated carbocycles. The molecule has 0 radical (unpaired) electrons. The standard InChI is InChI=1S/C22H24F2N2O5S/c1-30-17-10-13(3-5-16(17)31-21(23)24)11-18-20(28)26(22(29)32-18)7-6-25-19(27)15-9-12-2-4-14(15)8-12/h3,5,10-12,14-15,21H,2,4,6-9H2,1H3,(H,25,27)/b18-11+. The van der Waals surface area contributed by atoms with Crippen molar-refractivity contribution in [3.05, 3.63) is 28.7 Å². The van der Waals surface area contributed by atoms with Gasteiger partial charge in [0.25, 0.3) is 11.1 Å². The van der Waals surface area contributed by atoms with Gasteiger partial charge in [-0.05, 0) is 66.6 Å². The maximum Gasteiger partial charge on any atom is 0.387 e. The lowest BCUT2D eigenvalue weighted by molar-refractivity contribution is -0.127. The van der Waals surface area contributed by atoms with Crippen LogP contribution in [0.1, 0.15) is 31.2 Å². The van der Waals surface area contributed by atoms with Gasteiger partial charge in [0.15, 0.2) is 11.5 Å². The molecule has 3 amide bonds. The molecule has 3 atom stereocenters. The summed E-state index contributed by atoms with van der Waals surface area (Å²) in [5.74, 6) is 0.695. The van der Waals surface area contributed by atoms with Crippen molar-refractivity contribution in [3.63, 3.8) is 0 Å². The molecule has 172 valence electrons. The van der Waals surface area contributed by atoms with Crippen LogP contribution in [-0.2, 0) is 9.59 Å². The zero-order valence-electron chi connectivity index (χ0n) is 17.5. The summed E-state index contributed by atoms with van der Waals surface area (Å²) < 4.78 is 34.4. The van der Waals surface area contributed by atoms with Crippen molar-refractivity contribution in [2.45, 2.75) is 32.3 Å². The van der Waals surface area contributed by atoms with E-state index in [1.807, 2.05) is 0 Å². The summed E-state index contributed by atoms with van der Waals surface area (Å²) in [5, 5.41) is 2.46. The lowest BCUT2D eigenvalue weighted by Crippen LogP contribution is -2.40. The van der Waals surface area contributed by atoms with Gasteiger partial charge in [-0.3, -0.25) is 19.3 Å². The predicted octanol–water partition coefficient (Wildman–Crippen LogP) is 3.89. The number of nitrogens with one attached hydrogen (secondary N) is 1. The topological polar surface area (TPSA) is 84.9 Å². The summed E-state index contributed by atoms with van der Waals surface area (Å²) >= 11 is 0.793. The van der Waals surface area contributed by atoms with Crippen molar-refractivity contribution < 1.29 is 32.6 Å². The Morgan fingerprint density at radius 3 is 2.75 bits per heavy atom. The number of halogens is 2. The summed E-state index contributed by atoms with van der Waals surface area (Å²) in [6, 6.07) is 4.25. The largest absolute Gasteiger partial charge is 0.493 e. The quantitative estimate of drug-likeness (QED) is 0.586. The van der Waals surface area contributed by atoms with E-state index in [9.17, 15) is 23.2 Å². The van der Waals surface area contributed by atoms with Gasteiger partial charge in [-0.15, -0.1) is 0 Å². The number of methoxy groups -OCH3 is 1. The molecular weight excluding hydrogens is 442 g/mol. The maximum absolute atomic E-state index is 12.7. The number of carbonyl (C=O) groups is 3. The second-order valence-electron chi connectivity index (χ2n) is 8.19. The van der Waals surface area contributed by atoms with E-state index < -0.39 is 17.8 Å². The third kappa shape index (κ3) is 4.74. The highest BCUT2D eigenvalue weighted by atomic mass is 32.2. The molecular formula is C22H24F2N2O5S. The Hall–Kier alpha value is -2.62. The molecule has 1 saturated heterocycles. The maximum atomic E-state index is 12.7. The zero-order chi connectivity index (χ0) is 22.8. The molecule has 2 bridgehead atoms. The first kappa shape index (κ1) is 22.6. The minimum atomic E-state index is -2.99. The van der Waals surface area contributed by atoms with Crippen LogP contribution >= 0.6 is 11.8 Å². The van der Waals surface area contributed by atoms with Crippen molar-refractivity contribution in [2.24, 2.45) is 17.8 Å². The number of imide groups is 1. The number of rotatable bonds is 8. The molecule has 4 rings (SSSR count). The van der Waals surface area contributed by atoms with Crippen LogP contribution in [0.25, 0.3) is 6.08 Å². The van der Waals surface area contributed by atoms with Crippen LogP contribution in [0.3, 0.4) is 0 Å². The van der Waals surface area contributed by atoms with E-state index in [-0.39, 0.29) is 41.3 Å². The Balaban J connectivity index is 1.35. The fourth-order valence-electron chi connectivity index (χ4n) is 4.80. The highest BCUT2D eigenvalue weighted by molar-refractivity contribution is 8.18. The van der Waals surface area contributed by atoms with Crippen molar-refractivity contribution in [2.75, 3.05) is 20.2 Å². The first-order valence-electron chi connectivity index (χ1n) is 10.5. The summed E-state index contributed by atoms with van der Waals surface area (Å²) in [7, 11) is 1.32. The van der Waals surface area contributed by atoms with E-state index in [0.717, 1.165) is 35.9 Å². The van der Waals surface area contributed by atoms with Gasteiger partial charge in [0.2, 0.25) is 5.91 Å². The second kappa shape index (κ2) is 9.48. The molecule has 3 fully saturated rings. The normalized spacial score (nSPS) is 25.8. The Bertz CT molecular complexity index is 954. The molecule has 3 aliphatic rings. The summed E-state index contributed by atoms with van der Waals surface area (Å²) in [4.78, 5) is 38.7. The van der Waals surface area contributed by atoms with Gasteiger partial charge >= 0.3 is 6.61 Å². The van der Waals surface area contributed by atoms with Crippen LogP contribution in [0.2, 0.25) is 0 Å². The number of nitrogens with zero attached hydrogens (tertiary/aromatic N) is 1. The van der Waals surface area contributed by atoms with Gasteiger partial charge in [0.1, 0.15) is 0 Å². The van der Waals surface area contributed by atoms with Gasteiger partial charge in [-0.25, -0.2) is 0 Å². The van der Waals surface area contributed by atoms with E-state index in [1.54, 1.807) is 0 Å². The van der Waals surface area contributed by atoms with Crippen molar-refractivity contribution in [1.82, 2.24) is 10.2 Å². The van der Waals surface area contributed by atoms with Crippen LogP contribution in [0.15, 0.2) is 23.1 Å². The second-order valence-corrected chi connectivity index (χ2v) is 9.19.